The van der Waals surface area contributed by atoms with Crippen LogP contribution in [0.2, 0.25) is 0 Å². The van der Waals surface area contributed by atoms with Gasteiger partial charge in [-0.15, -0.1) is 12.4 Å². The molecule has 2 aliphatic rings. The summed E-state index contributed by atoms with van der Waals surface area (Å²) < 4.78 is 6.37. The zero-order chi connectivity index (χ0) is 17.1. The highest BCUT2D eigenvalue weighted by Crippen LogP contribution is 2.28. The highest BCUT2D eigenvalue weighted by atomic mass is 35.5. The van der Waals surface area contributed by atoms with Crippen LogP contribution in [-0.4, -0.2) is 48.0 Å². The third-order valence-electron chi connectivity index (χ3n) is 5.91. The number of β-amino-alcohol motifs (C(OH)–C–C–N with tert-alkyl or cyclic N) is 1. The van der Waals surface area contributed by atoms with Gasteiger partial charge in [-0.05, 0) is 42.0 Å². The Labute approximate surface area is 162 Å². The highest BCUT2D eigenvalue weighted by Gasteiger charge is 2.34. The van der Waals surface area contributed by atoms with Crippen molar-refractivity contribution < 1.29 is 9.84 Å². The maximum absolute atomic E-state index is 9.86. The predicted molar refractivity (Wildman–Crippen MR) is 109 cm³/mol. The van der Waals surface area contributed by atoms with Gasteiger partial charge in [0.25, 0.3) is 0 Å². The number of nitrogens with zero attached hydrogens (tertiary/aromatic N) is 1. The molecule has 2 fully saturated rings. The highest BCUT2D eigenvalue weighted by molar-refractivity contribution is 5.86. The van der Waals surface area contributed by atoms with Crippen LogP contribution in [0.4, 0.5) is 0 Å². The summed E-state index contributed by atoms with van der Waals surface area (Å²) in [5.74, 6) is 0. The molecule has 1 saturated carbocycles. The van der Waals surface area contributed by atoms with Crippen LogP contribution in [0.25, 0.3) is 10.8 Å². The van der Waals surface area contributed by atoms with Crippen molar-refractivity contribution in [3.63, 3.8) is 0 Å². The van der Waals surface area contributed by atoms with Crippen LogP contribution >= 0.6 is 12.4 Å². The summed E-state index contributed by atoms with van der Waals surface area (Å²) in [5.41, 5.74) is 1.38. The van der Waals surface area contributed by atoms with E-state index in [0.717, 1.165) is 39.0 Å². The molecule has 0 spiro atoms. The van der Waals surface area contributed by atoms with Gasteiger partial charge in [0.1, 0.15) is 0 Å². The molecular formula is C22H30ClNO2. The summed E-state index contributed by atoms with van der Waals surface area (Å²) in [6.45, 7) is 2.63. The Bertz CT molecular complexity index is 702. The van der Waals surface area contributed by atoms with Crippen molar-refractivity contribution in [3.8, 4) is 0 Å². The van der Waals surface area contributed by atoms with E-state index in [2.05, 4.69) is 47.4 Å². The van der Waals surface area contributed by atoms with Crippen LogP contribution in [0, 0.1) is 0 Å². The Kier molecular flexibility index (Phi) is 6.93. The Hall–Kier alpha value is -1.13. The first-order valence-electron chi connectivity index (χ1n) is 9.81. The number of halogens is 1. The zero-order valence-electron chi connectivity index (χ0n) is 15.3. The molecule has 3 atom stereocenters. The number of benzene rings is 2. The smallest absolute Gasteiger partial charge is 0.0730 e. The van der Waals surface area contributed by atoms with E-state index in [4.69, 9.17) is 4.74 Å². The number of hydrogen-bond donors (Lipinski definition) is 1. The van der Waals surface area contributed by atoms with E-state index >= 15 is 0 Å². The molecule has 1 aliphatic carbocycles. The first-order chi connectivity index (χ1) is 12.3. The largest absolute Gasteiger partial charge is 0.392 e. The molecule has 4 rings (SSSR count). The minimum absolute atomic E-state index is 0. The van der Waals surface area contributed by atoms with Crippen molar-refractivity contribution in [2.45, 2.75) is 56.8 Å². The van der Waals surface area contributed by atoms with Gasteiger partial charge < -0.3 is 9.84 Å². The fourth-order valence-corrected chi connectivity index (χ4v) is 4.59. The van der Waals surface area contributed by atoms with Crippen LogP contribution in [-0.2, 0) is 11.2 Å². The minimum Gasteiger partial charge on any atom is -0.392 e. The molecule has 4 heteroatoms. The third kappa shape index (κ3) is 4.40. The van der Waals surface area contributed by atoms with Gasteiger partial charge in [-0.3, -0.25) is 4.90 Å². The standard InChI is InChI=1S/C22H29NO2.ClH/c24-19-12-14-23(16-19)21-10-3-4-11-22(21)25-15-13-18-8-5-7-17-6-1-2-9-20(17)18;/h1-2,5-9,19,21-22,24H,3-4,10-16H2;1H/t19?,21-,22+;/m1./s1. The van der Waals surface area contributed by atoms with Gasteiger partial charge in [-0.2, -0.15) is 0 Å². The monoisotopic (exact) mass is 375 g/mol. The lowest BCUT2D eigenvalue weighted by Gasteiger charge is -2.37. The number of hydrogen-bond acceptors (Lipinski definition) is 3. The Morgan fingerprint density at radius 2 is 1.81 bits per heavy atom. The van der Waals surface area contributed by atoms with Crippen LogP contribution in [0.5, 0.6) is 0 Å². The van der Waals surface area contributed by atoms with E-state index in [9.17, 15) is 5.11 Å². The number of rotatable bonds is 5. The van der Waals surface area contributed by atoms with Gasteiger partial charge in [0, 0.05) is 19.1 Å². The maximum Gasteiger partial charge on any atom is 0.0730 e. The second kappa shape index (κ2) is 9.18. The van der Waals surface area contributed by atoms with Crippen molar-refractivity contribution in [2.75, 3.05) is 19.7 Å². The molecule has 3 nitrogen and oxygen atoms in total. The van der Waals surface area contributed by atoms with Crippen molar-refractivity contribution in [3.05, 3.63) is 48.0 Å². The van der Waals surface area contributed by atoms with Crippen molar-refractivity contribution in [1.29, 1.82) is 0 Å². The van der Waals surface area contributed by atoms with E-state index in [1.165, 1.54) is 35.6 Å². The molecule has 1 heterocycles. The second-order valence-corrected chi connectivity index (χ2v) is 7.59. The molecule has 26 heavy (non-hydrogen) atoms. The van der Waals surface area contributed by atoms with Crippen LogP contribution in [0.15, 0.2) is 42.5 Å². The van der Waals surface area contributed by atoms with E-state index in [0.29, 0.717) is 12.1 Å². The van der Waals surface area contributed by atoms with Crippen LogP contribution < -0.4 is 0 Å². The Balaban J connectivity index is 0.00000196. The molecule has 2 aromatic carbocycles. The summed E-state index contributed by atoms with van der Waals surface area (Å²) in [6.07, 6.45) is 7.00. The van der Waals surface area contributed by atoms with Gasteiger partial charge in [0.05, 0.1) is 18.8 Å². The van der Waals surface area contributed by atoms with Gasteiger partial charge in [0.2, 0.25) is 0 Å². The van der Waals surface area contributed by atoms with Gasteiger partial charge in [-0.25, -0.2) is 0 Å². The lowest BCUT2D eigenvalue weighted by molar-refractivity contribution is -0.0315. The Morgan fingerprint density at radius 3 is 2.65 bits per heavy atom. The predicted octanol–water partition coefficient (Wildman–Crippen LogP) is 4.20. The molecule has 142 valence electrons. The van der Waals surface area contributed by atoms with Gasteiger partial charge in [-0.1, -0.05) is 55.3 Å². The second-order valence-electron chi connectivity index (χ2n) is 7.59. The first-order valence-corrected chi connectivity index (χ1v) is 9.81. The average molecular weight is 376 g/mol. The lowest BCUT2D eigenvalue weighted by Crippen LogP contribution is -2.46. The first kappa shape index (κ1) is 19.6. The molecule has 2 aromatic rings. The summed E-state index contributed by atoms with van der Waals surface area (Å²) in [4.78, 5) is 2.46. The number of ether oxygens (including phenoxy) is 1. The molecule has 1 unspecified atom stereocenters. The van der Waals surface area contributed by atoms with Gasteiger partial charge >= 0.3 is 0 Å². The Morgan fingerprint density at radius 1 is 1.00 bits per heavy atom. The van der Waals surface area contributed by atoms with E-state index in [1.54, 1.807) is 0 Å². The number of aliphatic hydroxyl groups is 1. The molecule has 0 aromatic heterocycles. The van der Waals surface area contributed by atoms with Crippen LogP contribution in [0.3, 0.4) is 0 Å². The summed E-state index contributed by atoms with van der Waals surface area (Å²) in [5, 5.41) is 12.5. The fraction of sp³-hybridized carbons (Fsp3) is 0.545. The van der Waals surface area contributed by atoms with Crippen molar-refractivity contribution in [2.24, 2.45) is 0 Å². The zero-order valence-corrected chi connectivity index (χ0v) is 16.2. The molecular weight excluding hydrogens is 346 g/mol. The van der Waals surface area contributed by atoms with E-state index in [1.807, 2.05) is 0 Å². The molecule has 1 N–H and O–H groups in total. The number of likely N-dealkylation sites (tertiary alicyclic amines) is 1. The molecule has 1 saturated heterocycles. The van der Waals surface area contributed by atoms with Gasteiger partial charge in [0.15, 0.2) is 0 Å². The molecule has 1 aliphatic heterocycles. The molecule has 0 radical (unpaired) electrons. The van der Waals surface area contributed by atoms with E-state index < -0.39 is 0 Å². The summed E-state index contributed by atoms with van der Waals surface area (Å²) in [7, 11) is 0. The molecule has 0 amide bonds. The summed E-state index contributed by atoms with van der Waals surface area (Å²) in [6, 6.07) is 15.6. The van der Waals surface area contributed by atoms with Crippen molar-refractivity contribution in [1.82, 2.24) is 4.90 Å². The average Bonchev–Trinajstić information content (AvgIpc) is 3.08. The van der Waals surface area contributed by atoms with Crippen molar-refractivity contribution >= 4 is 23.2 Å². The fourth-order valence-electron chi connectivity index (χ4n) is 4.59. The summed E-state index contributed by atoms with van der Waals surface area (Å²) >= 11 is 0. The number of fused-ring (bicyclic) bond motifs is 1. The minimum atomic E-state index is -0.141. The quantitative estimate of drug-likeness (QED) is 0.850. The maximum atomic E-state index is 9.86. The number of aliphatic hydroxyl groups excluding tert-OH is 1. The third-order valence-corrected chi connectivity index (χ3v) is 5.91. The normalized spacial score (nSPS) is 26.7. The topological polar surface area (TPSA) is 32.7 Å². The lowest BCUT2D eigenvalue weighted by atomic mass is 9.91. The van der Waals surface area contributed by atoms with Crippen LogP contribution in [0.1, 0.15) is 37.7 Å². The molecule has 0 bridgehead atoms. The SMILES string of the molecule is Cl.OC1CCN([C@@H]2CCCC[C@@H]2OCCc2cccc3ccccc23)C1. The van der Waals surface area contributed by atoms with E-state index in [-0.39, 0.29) is 18.5 Å².